The van der Waals surface area contributed by atoms with E-state index in [9.17, 15) is 0 Å². The summed E-state index contributed by atoms with van der Waals surface area (Å²) in [7, 11) is 0. The fourth-order valence-electron chi connectivity index (χ4n) is 2.61. The third kappa shape index (κ3) is 3.16. The molecular weight excluding hydrogens is 310 g/mol. The normalized spacial score (nSPS) is 10.7. The molecule has 23 heavy (non-hydrogen) atoms. The van der Waals surface area contributed by atoms with E-state index in [0.29, 0.717) is 11.6 Å². The number of azide groups is 1. The molecule has 0 aliphatic rings. The molecule has 1 N–H and O–H groups in total. The van der Waals surface area contributed by atoms with Crippen LogP contribution in [0.3, 0.4) is 0 Å². The first-order valence-corrected chi connectivity index (χ1v) is 7.88. The zero-order chi connectivity index (χ0) is 16.2. The Morgan fingerprint density at radius 1 is 1.22 bits per heavy atom. The van der Waals surface area contributed by atoms with Crippen molar-refractivity contribution in [3.63, 3.8) is 0 Å². The molecule has 0 fully saturated rings. The van der Waals surface area contributed by atoms with E-state index < -0.39 is 0 Å². The van der Waals surface area contributed by atoms with Gasteiger partial charge in [-0.15, -0.1) is 0 Å². The van der Waals surface area contributed by atoms with Crippen LogP contribution in [0.15, 0.2) is 41.5 Å². The van der Waals surface area contributed by atoms with E-state index in [1.807, 2.05) is 36.4 Å². The smallest absolute Gasteiger partial charge is 0.106 e. The second-order valence-electron chi connectivity index (χ2n) is 5.26. The molecule has 116 valence electrons. The molecule has 0 saturated carbocycles. The topological polar surface area (TPSA) is 77.4 Å². The number of imidazole rings is 1. The van der Waals surface area contributed by atoms with Gasteiger partial charge in [0.25, 0.3) is 0 Å². The van der Waals surface area contributed by atoms with Gasteiger partial charge in [-0.2, -0.15) is 0 Å². The van der Waals surface area contributed by atoms with Crippen LogP contribution < -0.4 is 0 Å². The number of nitrogens with one attached hydrogen (secondary N) is 1. The number of aromatic nitrogens is 2. The standard InChI is InChI=1S/C17H16ClN5/c1-2-15-21-14-8-7-13(18)16(17(14)22-15)12-5-3-11(4-6-12)9-10-20-23-19/h3-8H,2,9-10H2,1H3,(H,21,22). The molecule has 0 amide bonds. The largest absolute Gasteiger partial charge is 0.342 e. The number of halogens is 1. The predicted molar refractivity (Wildman–Crippen MR) is 93.6 cm³/mol. The van der Waals surface area contributed by atoms with E-state index in [-0.39, 0.29) is 0 Å². The Morgan fingerprint density at radius 2 is 2.00 bits per heavy atom. The summed E-state index contributed by atoms with van der Waals surface area (Å²) in [4.78, 5) is 10.7. The van der Waals surface area contributed by atoms with Crippen LogP contribution >= 0.6 is 11.6 Å². The van der Waals surface area contributed by atoms with Gasteiger partial charge in [0, 0.05) is 23.4 Å². The van der Waals surface area contributed by atoms with Crippen molar-refractivity contribution in [2.45, 2.75) is 19.8 Å². The van der Waals surface area contributed by atoms with Gasteiger partial charge < -0.3 is 4.98 Å². The minimum Gasteiger partial charge on any atom is -0.342 e. The van der Waals surface area contributed by atoms with E-state index in [0.717, 1.165) is 46.4 Å². The van der Waals surface area contributed by atoms with Gasteiger partial charge in [-0.05, 0) is 35.2 Å². The van der Waals surface area contributed by atoms with E-state index in [2.05, 4.69) is 26.9 Å². The molecular formula is C17H16ClN5. The molecule has 0 spiro atoms. The lowest BCUT2D eigenvalue weighted by molar-refractivity contribution is 0.956. The van der Waals surface area contributed by atoms with E-state index in [4.69, 9.17) is 17.1 Å². The SMILES string of the molecule is CCc1nc2c(-c3ccc(CCN=[N+]=[N-])cc3)c(Cl)ccc2[nH]1. The summed E-state index contributed by atoms with van der Waals surface area (Å²) in [5.74, 6) is 0.953. The molecule has 0 aliphatic carbocycles. The zero-order valence-electron chi connectivity index (χ0n) is 12.8. The number of rotatable bonds is 5. The summed E-state index contributed by atoms with van der Waals surface area (Å²) < 4.78 is 0. The molecule has 3 rings (SSSR count). The molecule has 6 heteroatoms. The van der Waals surface area contributed by atoms with Crippen molar-refractivity contribution in [2.75, 3.05) is 6.54 Å². The van der Waals surface area contributed by atoms with Gasteiger partial charge in [0.2, 0.25) is 0 Å². The summed E-state index contributed by atoms with van der Waals surface area (Å²) in [6, 6.07) is 12.0. The van der Waals surface area contributed by atoms with E-state index in [1.54, 1.807) is 0 Å². The van der Waals surface area contributed by atoms with E-state index in [1.165, 1.54) is 0 Å². The highest BCUT2D eigenvalue weighted by Gasteiger charge is 2.12. The Balaban J connectivity index is 2.00. The number of H-pyrrole nitrogens is 1. The highest BCUT2D eigenvalue weighted by molar-refractivity contribution is 6.34. The zero-order valence-corrected chi connectivity index (χ0v) is 13.5. The Labute approximate surface area is 138 Å². The van der Waals surface area contributed by atoms with Crippen LogP contribution in [0.1, 0.15) is 18.3 Å². The van der Waals surface area contributed by atoms with Crippen LogP contribution in [0.5, 0.6) is 0 Å². The van der Waals surface area contributed by atoms with Crippen LogP contribution in [0.4, 0.5) is 0 Å². The van der Waals surface area contributed by atoms with Crippen LogP contribution in [0.25, 0.3) is 32.6 Å². The lowest BCUT2D eigenvalue weighted by Crippen LogP contribution is -1.89. The number of aromatic amines is 1. The number of hydrogen-bond donors (Lipinski definition) is 1. The number of fused-ring (bicyclic) bond motifs is 1. The van der Waals surface area contributed by atoms with Gasteiger partial charge in [-0.1, -0.05) is 47.9 Å². The minimum atomic E-state index is 0.464. The van der Waals surface area contributed by atoms with Gasteiger partial charge in [0.1, 0.15) is 5.82 Å². The Kier molecular flexibility index (Phi) is 4.51. The van der Waals surface area contributed by atoms with Gasteiger partial charge in [-0.3, -0.25) is 0 Å². The van der Waals surface area contributed by atoms with Crippen LogP contribution in [-0.4, -0.2) is 16.5 Å². The molecule has 0 saturated heterocycles. The third-order valence-corrected chi connectivity index (χ3v) is 4.11. The second kappa shape index (κ2) is 6.73. The molecule has 0 unspecified atom stereocenters. The van der Waals surface area contributed by atoms with Crippen LogP contribution in [0, 0.1) is 0 Å². The van der Waals surface area contributed by atoms with Crippen molar-refractivity contribution < 1.29 is 0 Å². The maximum absolute atomic E-state index is 8.32. The Bertz CT molecular complexity index is 876. The minimum absolute atomic E-state index is 0.464. The summed E-state index contributed by atoms with van der Waals surface area (Å²) in [6.07, 6.45) is 1.58. The summed E-state index contributed by atoms with van der Waals surface area (Å²) in [5.41, 5.74) is 13.3. The van der Waals surface area contributed by atoms with Crippen LogP contribution in [-0.2, 0) is 12.8 Å². The summed E-state index contributed by atoms with van der Waals surface area (Å²) in [5, 5.41) is 4.25. The fraction of sp³-hybridized carbons (Fsp3) is 0.235. The molecule has 2 aromatic carbocycles. The van der Waals surface area contributed by atoms with Gasteiger partial charge >= 0.3 is 0 Å². The second-order valence-corrected chi connectivity index (χ2v) is 5.66. The summed E-state index contributed by atoms with van der Waals surface area (Å²) >= 11 is 6.42. The average molecular weight is 326 g/mol. The van der Waals surface area contributed by atoms with Gasteiger partial charge in [-0.25, -0.2) is 4.98 Å². The molecule has 0 atom stereocenters. The van der Waals surface area contributed by atoms with Crippen molar-refractivity contribution in [2.24, 2.45) is 5.11 Å². The number of hydrogen-bond acceptors (Lipinski definition) is 2. The van der Waals surface area contributed by atoms with Crippen molar-refractivity contribution in [1.29, 1.82) is 0 Å². The lowest BCUT2D eigenvalue weighted by Gasteiger charge is -2.07. The molecule has 5 nitrogen and oxygen atoms in total. The first kappa shape index (κ1) is 15.4. The van der Waals surface area contributed by atoms with Gasteiger partial charge in [0.15, 0.2) is 0 Å². The van der Waals surface area contributed by atoms with E-state index >= 15 is 0 Å². The molecule has 1 aromatic heterocycles. The maximum Gasteiger partial charge on any atom is 0.106 e. The third-order valence-electron chi connectivity index (χ3n) is 3.79. The lowest BCUT2D eigenvalue weighted by atomic mass is 10.0. The molecule has 1 heterocycles. The molecule has 0 bridgehead atoms. The first-order chi connectivity index (χ1) is 11.2. The molecule has 0 radical (unpaired) electrons. The highest BCUT2D eigenvalue weighted by atomic mass is 35.5. The Hall–Kier alpha value is -2.49. The number of aryl methyl sites for hydroxylation is 1. The van der Waals surface area contributed by atoms with Crippen LogP contribution in [0.2, 0.25) is 5.02 Å². The first-order valence-electron chi connectivity index (χ1n) is 7.50. The maximum atomic E-state index is 8.32. The quantitative estimate of drug-likeness (QED) is 0.385. The van der Waals surface area contributed by atoms with Gasteiger partial charge in [0.05, 0.1) is 16.1 Å². The van der Waals surface area contributed by atoms with Crippen molar-refractivity contribution in [3.8, 4) is 11.1 Å². The monoisotopic (exact) mass is 325 g/mol. The predicted octanol–water partition coefficient (Wildman–Crippen LogP) is 5.30. The van der Waals surface area contributed by atoms with Crippen molar-refractivity contribution >= 4 is 22.6 Å². The molecule has 3 aromatic rings. The summed E-state index contributed by atoms with van der Waals surface area (Å²) in [6.45, 7) is 2.53. The average Bonchev–Trinajstić information content (AvgIpc) is 2.99. The Morgan fingerprint density at radius 3 is 2.70 bits per heavy atom. The highest BCUT2D eigenvalue weighted by Crippen LogP contribution is 2.34. The fourth-order valence-corrected chi connectivity index (χ4v) is 2.87. The number of nitrogens with zero attached hydrogens (tertiary/aromatic N) is 4. The van der Waals surface area contributed by atoms with Crippen molar-refractivity contribution in [1.82, 2.24) is 9.97 Å². The number of benzene rings is 2. The molecule has 0 aliphatic heterocycles. The van der Waals surface area contributed by atoms with Crippen molar-refractivity contribution in [3.05, 3.63) is 63.3 Å².